The van der Waals surface area contributed by atoms with E-state index < -0.39 is 5.54 Å². The molecule has 0 aliphatic heterocycles. The first-order valence-electron chi connectivity index (χ1n) is 6.15. The lowest BCUT2D eigenvalue weighted by Crippen LogP contribution is -2.34. The first-order valence-corrected chi connectivity index (χ1v) is 6.53. The lowest BCUT2D eigenvalue weighted by molar-refractivity contribution is 0.398. The third-order valence-corrected chi connectivity index (χ3v) is 3.57. The minimum atomic E-state index is -0.651. The van der Waals surface area contributed by atoms with E-state index in [4.69, 9.17) is 22.1 Å². The summed E-state index contributed by atoms with van der Waals surface area (Å²) in [5.41, 5.74) is 8.95. The first kappa shape index (κ1) is 13.9. The molecule has 1 unspecified atom stereocenters. The van der Waals surface area contributed by atoms with Gasteiger partial charge < -0.3 is 10.5 Å². The van der Waals surface area contributed by atoms with Crippen LogP contribution in [0.1, 0.15) is 23.6 Å². The van der Waals surface area contributed by atoms with Crippen molar-refractivity contribution in [3.63, 3.8) is 0 Å². The third-order valence-electron chi connectivity index (χ3n) is 3.34. The van der Waals surface area contributed by atoms with Crippen molar-refractivity contribution in [3.05, 3.63) is 64.2 Å². The van der Waals surface area contributed by atoms with Crippen molar-refractivity contribution in [1.29, 1.82) is 0 Å². The standard InChI is InChI=1S/C16H18ClNO/c1-11-7-8-15(19-3)14(9-11)16(2,18)12-5-4-6-13(17)10-12/h4-10H,18H2,1-3H3. The van der Waals surface area contributed by atoms with Crippen molar-refractivity contribution in [2.45, 2.75) is 19.4 Å². The van der Waals surface area contributed by atoms with E-state index in [2.05, 4.69) is 6.07 Å². The summed E-state index contributed by atoms with van der Waals surface area (Å²) < 4.78 is 5.43. The van der Waals surface area contributed by atoms with Crippen molar-refractivity contribution in [3.8, 4) is 5.75 Å². The van der Waals surface area contributed by atoms with Crippen LogP contribution in [0.25, 0.3) is 0 Å². The second-order valence-corrected chi connectivity index (χ2v) is 5.35. The quantitative estimate of drug-likeness (QED) is 0.923. The number of hydrogen-bond acceptors (Lipinski definition) is 2. The number of methoxy groups -OCH3 is 1. The normalized spacial score (nSPS) is 13.9. The molecule has 0 spiro atoms. The van der Waals surface area contributed by atoms with E-state index in [0.29, 0.717) is 5.02 Å². The van der Waals surface area contributed by atoms with Gasteiger partial charge in [-0.3, -0.25) is 0 Å². The highest BCUT2D eigenvalue weighted by molar-refractivity contribution is 6.30. The highest BCUT2D eigenvalue weighted by Gasteiger charge is 2.27. The number of ether oxygens (including phenoxy) is 1. The van der Waals surface area contributed by atoms with Gasteiger partial charge in [-0.2, -0.15) is 0 Å². The smallest absolute Gasteiger partial charge is 0.124 e. The Hall–Kier alpha value is -1.51. The highest BCUT2D eigenvalue weighted by atomic mass is 35.5. The van der Waals surface area contributed by atoms with Crippen LogP contribution in [0.5, 0.6) is 5.75 Å². The minimum Gasteiger partial charge on any atom is -0.496 e. The van der Waals surface area contributed by atoms with Gasteiger partial charge in [-0.25, -0.2) is 0 Å². The summed E-state index contributed by atoms with van der Waals surface area (Å²) in [7, 11) is 1.65. The molecule has 0 heterocycles. The second-order valence-electron chi connectivity index (χ2n) is 4.92. The van der Waals surface area contributed by atoms with Crippen LogP contribution in [-0.2, 0) is 5.54 Å². The van der Waals surface area contributed by atoms with Crippen LogP contribution in [0, 0.1) is 6.92 Å². The first-order chi connectivity index (χ1) is 8.95. The van der Waals surface area contributed by atoms with Gasteiger partial charge in [0.2, 0.25) is 0 Å². The molecule has 0 amide bonds. The molecule has 0 bridgehead atoms. The molecule has 0 saturated carbocycles. The fraction of sp³-hybridized carbons (Fsp3) is 0.250. The van der Waals surface area contributed by atoms with E-state index in [1.54, 1.807) is 7.11 Å². The molecule has 0 fully saturated rings. The van der Waals surface area contributed by atoms with Gasteiger partial charge >= 0.3 is 0 Å². The molecule has 0 aliphatic rings. The van der Waals surface area contributed by atoms with Crippen LogP contribution in [-0.4, -0.2) is 7.11 Å². The molecule has 1 atom stereocenters. The zero-order chi connectivity index (χ0) is 14.0. The van der Waals surface area contributed by atoms with Crippen LogP contribution >= 0.6 is 11.6 Å². The van der Waals surface area contributed by atoms with Crippen molar-refractivity contribution >= 4 is 11.6 Å². The van der Waals surface area contributed by atoms with E-state index in [1.807, 2.05) is 50.2 Å². The maximum absolute atomic E-state index is 6.53. The van der Waals surface area contributed by atoms with Gasteiger partial charge in [-0.05, 0) is 37.6 Å². The average molecular weight is 276 g/mol. The predicted octanol–water partition coefficient (Wildman–Crippen LogP) is 3.88. The number of hydrogen-bond donors (Lipinski definition) is 1. The second kappa shape index (κ2) is 5.24. The summed E-state index contributed by atoms with van der Waals surface area (Å²) in [5, 5.41) is 0.681. The monoisotopic (exact) mass is 275 g/mol. The average Bonchev–Trinajstić information content (AvgIpc) is 2.38. The summed E-state index contributed by atoms with van der Waals surface area (Å²) >= 11 is 6.06. The Balaban J connectivity index is 2.58. The number of rotatable bonds is 3. The topological polar surface area (TPSA) is 35.2 Å². The highest BCUT2D eigenvalue weighted by Crippen LogP contribution is 2.34. The molecule has 2 aromatic rings. The summed E-state index contributed by atoms with van der Waals surface area (Å²) in [6, 6.07) is 13.6. The van der Waals surface area contributed by atoms with Gasteiger partial charge in [0.05, 0.1) is 12.6 Å². The van der Waals surface area contributed by atoms with Crippen LogP contribution in [0.4, 0.5) is 0 Å². The van der Waals surface area contributed by atoms with Gasteiger partial charge in [0.25, 0.3) is 0 Å². The molecular weight excluding hydrogens is 258 g/mol. The Bertz CT molecular complexity index is 593. The predicted molar refractivity (Wildman–Crippen MR) is 79.8 cm³/mol. The van der Waals surface area contributed by atoms with E-state index in [9.17, 15) is 0 Å². The third kappa shape index (κ3) is 2.75. The number of aryl methyl sites for hydroxylation is 1. The van der Waals surface area contributed by atoms with Crippen molar-refractivity contribution in [2.24, 2.45) is 5.73 Å². The number of halogens is 1. The van der Waals surface area contributed by atoms with Gasteiger partial charge in [-0.1, -0.05) is 41.4 Å². The molecule has 2 N–H and O–H groups in total. The molecule has 3 heteroatoms. The van der Waals surface area contributed by atoms with Gasteiger partial charge in [0.1, 0.15) is 5.75 Å². The van der Waals surface area contributed by atoms with Gasteiger partial charge in [-0.15, -0.1) is 0 Å². The van der Waals surface area contributed by atoms with Crippen LogP contribution in [0.3, 0.4) is 0 Å². The fourth-order valence-corrected chi connectivity index (χ4v) is 2.38. The van der Waals surface area contributed by atoms with Gasteiger partial charge in [0.15, 0.2) is 0 Å². The zero-order valence-corrected chi connectivity index (χ0v) is 12.2. The largest absolute Gasteiger partial charge is 0.496 e. The zero-order valence-electron chi connectivity index (χ0n) is 11.4. The lowest BCUT2D eigenvalue weighted by atomic mass is 9.84. The molecule has 0 aromatic heterocycles. The van der Waals surface area contributed by atoms with E-state index in [0.717, 1.165) is 22.4 Å². The van der Waals surface area contributed by atoms with E-state index >= 15 is 0 Å². The summed E-state index contributed by atoms with van der Waals surface area (Å²) in [5.74, 6) is 0.788. The molecule has 2 aromatic carbocycles. The fourth-order valence-electron chi connectivity index (χ4n) is 2.19. The molecule has 0 aliphatic carbocycles. The minimum absolute atomic E-state index is 0.651. The molecule has 0 radical (unpaired) electrons. The lowest BCUT2D eigenvalue weighted by Gasteiger charge is -2.28. The Morgan fingerprint density at radius 1 is 1.16 bits per heavy atom. The molecular formula is C16H18ClNO. The van der Waals surface area contributed by atoms with Crippen molar-refractivity contribution in [1.82, 2.24) is 0 Å². The molecule has 0 saturated heterocycles. The SMILES string of the molecule is COc1ccc(C)cc1C(C)(N)c1cccc(Cl)c1. The summed E-state index contributed by atoms with van der Waals surface area (Å²) in [6.07, 6.45) is 0. The van der Waals surface area contributed by atoms with Crippen molar-refractivity contribution < 1.29 is 4.74 Å². The Morgan fingerprint density at radius 2 is 1.89 bits per heavy atom. The molecule has 19 heavy (non-hydrogen) atoms. The maximum Gasteiger partial charge on any atom is 0.124 e. The summed E-state index contributed by atoms with van der Waals surface area (Å²) in [6.45, 7) is 4.01. The Morgan fingerprint density at radius 3 is 2.53 bits per heavy atom. The maximum atomic E-state index is 6.53. The Kier molecular flexibility index (Phi) is 3.83. The van der Waals surface area contributed by atoms with Gasteiger partial charge in [0, 0.05) is 10.6 Å². The van der Waals surface area contributed by atoms with Crippen LogP contribution in [0.15, 0.2) is 42.5 Å². The number of benzene rings is 2. The molecule has 2 rings (SSSR count). The summed E-state index contributed by atoms with van der Waals surface area (Å²) in [4.78, 5) is 0. The van der Waals surface area contributed by atoms with E-state index in [1.165, 1.54) is 0 Å². The number of nitrogens with two attached hydrogens (primary N) is 1. The Labute approximate surface area is 119 Å². The molecule has 100 valence electrons. The van der Waals surface area contributed by atoms with Crippen LogP contribution < -0.4 is 10.5 Å². The molecule has 2 nitrogen and oxygen atoms in total. The van der Waals surface area contributed by atoms with E-state index in [-0.39, 0.29) is 0 Å². The van der Waals surface area contributed by atoms with Crippen LogP contribution in [0.2, 0.25) is 5.02 Å². The van der Waals surface area contributed by atoms with Crippen molar-refractivity contribution in [2.75, 3.05) is 7.11 Å².